The van der Waals surface area contributed by atoms with E-state index in [0.29, 0.717) is 24.3 Å². The molecule has 5 aromatic rings. The molecule has 1 aliphatic rings. The number of anilines is 1. The van der Waals surface area contributed by atoms with Crippen LogP contribution in [0.5, 0.6) is 5.75 Å². The van der Waals surface area contributed by atoms with Crippen molar-refractivity contribution >= 4 is 17.5 Å². The third-order valence-electron chi connectivity index (χ3n) is 7.72. The van der Waals surface area contributed by atoms with E-state index < -0.39 is 6.04 Å². The van der Waals surface area contributed by atoms with E-state index in [1.807, 2.05) is 114 Å². The fraction of sp³-hybridized carbons (Fsp3) is 0.143. The summed E-state index contributed by atoms with van der Waals surface area (Å²) in [5, 5.41) is 12.9. The molecule has 42 heavy (non-hydrogen) atoms. The van der Waals surface area contributed by atoms with Gasteiger partial charge in [-0.25, -0.2) is 0 Å². The molecule has 1 aromatic heterocycles. The first-order chi connectivity index (χ1) is 20.6. The first kappa shape index (κ1) is 27.1. The number of carbonyl (C=O) groups is 2. The monoisotopic (exact) mass is 557 g/mol. The van der Waals surface area contributed by atoms with Crippen LogP contribution in [-0.4, -0.2) is 35.2 Å². The lowest BCUT2D eigenvalue weighted by molar-refractivity contribution is 0.0906. The molecule has 0 spiro atoms. The standard InChI is InChI=1S/C35H31N3O4/c1-42-33-14-8-6-12-29(33)24-15-17-26(18-16-24)35(41)38-22-28-19-20-32(37(28)21-27-11-5-7-13-31(27)38)34(40)36-30(23-39)25-9-3-2-4-10-25/h2-20,30,39H,21-23H2,1H3,(H,36,40)/t30-/m1/s1. The number of nitrogens with zero attached hydrogens (tertiary/aromatic N) is 2. The second kappa shape index (κ2) is 11.8. The number of nitrogens with one attached hydrogen (secondary N) is 1. The summed E-state index contributed by atoms with van der Waals surface area (Å²) in [5.74, 6) is 0.361. The van der Waals surface area contributed by atoms with E-state index in [1.165, 1.54) is 0 Å². The molecular formula is C35H31N3O4. The molecular weight excluding hydrogens is 526 g/mol. The van der Waals surface area contributed by atoms with Crippen molar-refractivity contribution in [2.45, 2.75) is 19.1 Å². The van der Waals surface area contributed by atoms with Crippen molar-refractivity contribution in [3.05, 3.63) is 143 Å². The summed E-state index contributed by atoms with van der Waals surface area (Å²) in [6.45, 7) is 0.524. The third kappa shape index (κ3) is 5.18. The summed E-state index contributed by atoms with van der Waals surface area (Å²) >= 11 is 0. The Balaban J connectivity index is 1.29. The molecule has 0 saturated heterocycles. The van der Waals surface area contributed by atoms with Gasteiger partial charge in [0.25, 0.3) is 11.8 Å². The topological polar surface area (TPSA) is 83.8 Å². The van der Waals surface area contributed by atoms with Crippen LogP contribution in [0.15, 0.2) is 115 Å². The van der Waals surface area contributed by atoms with Crippen molar-refractivity contribution in [1.29, 1.82) is 0 Å². The van der Waals surface area contributed by atoms with Crippen LogP contribution in [0, 0.1) is 0 Å². The molecule has 0 bridgehead atoms. The molecule has 2 amide bonds. The second-order valence-electron chi connectivity index (χ2n) is 10.2. The first-order valence-electron chi connectivity index (χ1n) is 13.9. The van der Waals surface area contributed by atoms with E-state index in [9.17, 15) is 14.7 Å². The van der Waals surface area contributed by atoms with Gasteiger partial charge in [-0.15, -0.1) is 0 Å². The average molecular weight is 558 g/mol. The Morgan fingerprint density at radius 2 is 1.55 bits per heavy atom. The number of carbonyl (C=O) groups excluding carboxylic acids is 2. The number of benzene rings is 4. The molecule has 6 rings (SSSR count). The summed E-state index contributed by atoms with van der Waals surface area (Å²) < 4.78 is 7.46. The zero-order valence-electron chi connectivity index (χ0n) is 23.2. The quantitative estimate of drug-likeness (QED) is 0.264. The SMILES string of the molecule is COc1ccccc1-c1ccc(C(=O)N2Cc3ccc(C(=O)N[C@H](CO)c4ccccc4)n3Cc3ccccc32)cc1. The maximum Gasteiger partial charge on any atom is 0.268 e. The van der Waals surface area contributed by atoms with Gasteiger partial charge < -0.3 is 24.6 Å². The molecule has 0 aliphatic carbocycles. The number of ether oxygens (including phenoxy) is 1. The van der Waals surface area contributed by atoms with Crippen LogP contribution >= 0.6 is 0 Å². The van der Waals surface area contributed by atoms with Gasteiger partial charge in [0.05, 0.1) is 32.8 Å². The highest BCUT2D eigenvalue weighted by atomic mass is 16.5. The zero-order valence-corrected chi connectivity index (χ0v) is 23.2. The van der Waals surface area contributed by atoms with Crippen LogP contribution in [-0.2, 0) is 13.1 Å². The summed E-state index contributed by atoms with van der Waals surface area (Å²) in [5.41, 5.74) is 6.37. The molecule has 2 heterocycles. The molecule has 1 atom stereocenters. The number of methoxy groups -OCH3 is 1. The van der Waals surface area contributed by atoms with Crippen LogP contribution in [0.25, 0.3) is 11.1 Å². The van der Waals surface area contributed by atoms with Crippen molar-refractivity contribution in [2.24, 2.45) is 0 Å². The Hall–Kier alpha value is -5.14. The van der Waals surface area contributed by atoms with E-state index in [-0.39, 0.29) is 18.4 Å². The number of fused-ring (bicyclic) bond motifs is 2. The molecule has 210 valence electrons. The Kier molecular flexibility index (Phi) is 7.58. The number of hydrogen-bond acceptors (Lipinski definition) is 4. The van der Waals surface area contributed by atoms with Crippen LogP contribution in [0.2, 0.25) is 0 Å². The summed E-state index contributed by atoms with van der Waals surface area (Å²) in [6.07, 6.45) is 0. The van der Waals surface area contributed by atoms with Gasteiger partial charge in [0.1, 0.15) is 11.4 Å². The smallest absolute Gasteiger partial charge is 0.268 e. The maximum atomic E-state index is 14.0. The molecule has 1 aliphatic heterocycles. The van der Waals surface area contributed by atoms with Gasteiger partial charge in [-0.2, -0.15) is 0 Å². The van der Waals surface area contributed by atoms with E-state index in [0.717, 1.165) is 39.4 Å². The number of aliphatic hydroxyl groups excluding tert-OH is 1. The third-order valence-corrected chi connectivity index (χ3v) is 7.72. The Morgan fingerprint density at radius 1 is 0.833 bits per heavy atom. The average Bonchev–Trinajstić information content (AvgIpc) is 3.36. The number of amides is 2. The lowest BCUT2D eigenvalue weighted by Crippen LogP contribution is -2.32. The molecule has 7 nitrogen and oxygen atoms in total. The lowest BCUT2D eigenvalue weighted by atomic mass is 10.0. The van der Waals surface area contributed by atoms with Crippen molar-refractivity contribution in [1.82, 2.24) is 9.88 Å². The second-order valence-corrected chi connectivity index (χ2v) is 10.2. The maximum absolute atomic E-state index is 14.0. The van der Waals surface area contributed by atoms with Crippen LogP contribution in [0.4, 0.5) is 5.69 Å². The fourth-order valence-corrected chi connectivity index (χ4v) is 5.52. The zero-order chi connectivity index (χ0) is 29.1. The summed E-state index contributed by atoms with van der Waals surface area (Å²) in [7, 11) is 1.65. The minimum Gasteiger partial charge on any atom is -0.496 e. The Labute approximate surface area is 244 Å². The Morgan fingerprint density at radius 3 is 2.31 bits per heavy atom. The summed E-state index contributed by atoms with van der Waals surface area (Å²) in [6, 6.07) is 35.7. The minimum absolute atomic E-state index is 0.126. The largest absolute Gasteiger partial charge is 0.496 e. The fourth-order valence-electron chi connectivity index (χ4n) is 5.52. The van der Waals surface area contributed by atoms with Crippen molar-refractivity contribution in [3.63, 3.8) is 0 Å². The molecule has 4 aromatic carbocycles. The molecule has 7 heteroatoms. The minimum atomic E-state index is -0.528. The summed E-state index contributed by atoms with van der Waals surface area (Å²) in [4.78, 5) is 29.2. The molecule has 0 unspecified atom stereocenters. The lowest BCUT2D eigenvalue weighted by Gasteiger charge is -2.23. The predicted octanol–water partition coefficient (Wildman–Crippen LogP) is 5.84. The van der Waals surface area contributed by atoms with Gasteiger partial charge in [0, 0.05) is 22.5 Å². The number of para-hydroxylation sites is 2. The van der Waals surface area contributed by atoms with Gasteiger partial charge in [0.15, 0.2) is 0 Å². The van der Waals surface area contributed by atoms with Crippen molar-refractivity contribution in [3.8, 4) is 16.9 Å². The van der Waals surface area contributed by atoms with Gasteiger partial charge in [0.2, 0.25) is 0 Å². The van der Waals surface area contributed by atoms with Gasteiger partial charge >= 0.3 is 0 Å². The van der Waals surface area contributed by atoms with Crippen LogP contribution < -0.4 is 15.0 Å². The van der Waals surface area contributed by atoms with Crippen molar-refractivity contribution in [2.75, 3.05) is 18.6 Å². The van der Waals surface area contributed by atoms with E-state index in [4.69, 9.17) is 4.74 Å². The number of hydrogen-bond donors (Lipinski definition) is 2. The van der Waals surface area contributed by atoms with Gasteiger partial charge in [-0.3, -0.25) is 9.59 Å². The molecule has 2 N–H and O–H groups in total. The number of aromatic nitrogens is 1. The first-order valence-corrected chi connectivity index (χ1v) is 13.9. The highest BCUT2D eigenvalue weighted by Gasteiger charge is 2.28. The normalized spacial score (nSPS) is 13.0. The molecule has 0 saturated carbocycles. The predicted molar refractivity (Wildman–Crippen MR) is 163 cm³/mol. The molecule has 0 radical (unpaired) electrons. The van der Waals surface area contributed by atoms with Crippen molar-refractivity contribution < 1.29 is 19.4 Å². The van der Waals surface area contributed by atoms with E-state index in [1.54, 1.807) is 18.1 Å². The number of rotatable bonds is 7. The highest BCUT2D eigenvalue weighted by Crippen LogP contribution is 2.32. The van der Waals surface area contributed by atoms with Crippen LogP contribution in [0.1, 0.15) is 43.7 Å². The highest BCUT2D eigenvalue weighted by molar-refractivity contribution is 6.07. The molecule has 0 fully saturated rings. The van der Waals surface area contributed by atoms with Gasteiger partial charge in [-0.1, -0.05) is 78.9 Å². The van der Waals surface area contributed by atoms with Crippen LogP contribution in [0.3, 0.4) is 0 Å². The van der Waals surface area contributed by atoms with E-state index >= 15 is 0 Å². The Bertz CT molecular complexity index is 1730. The number of aliphatic hydroxyl groups is 1. The van der Waals surface area contributed by atoms with Gasteiger partial charge in [-0.05, 0) is 53.1 Å². The van der Waals surface area contributed by atoms with E-state index in [2.05, 4.69) is 5.32 Å².